The first kappa shape index (κ1) is 33.1. The van der Waals surface area contributed by atoms with E-state index in [0.717, 1.165) is 5.56 Å². The summed E-state index contributed by atoms with van der Waals surface area (Å²) < 4.78 is 10.3. The summed E-state index contributed by atoms with van der Waals surface area (Å²) in [4.78, 5) is 53.4. The van der Waals surface area contributed by atoms with Crippen LogP contribution in [-0.2, 0) is 30.3 Å². The van der Waals surface area contributed by atoms with E-state index in [1.54, 1.807) is 58.0 Å². The second-order valence-electron chi connectivity index (χ2n) is 10.5. The van der Waals surface area contributed by atoms with Gasteiger partial charge in [-0.15, -0.1) is 0 Å². The molecule has 2 aromatic rings. The van der Waals surface area contributed by atoms with Gasteiger partial charge in [0.2, 0.25) is 11.8 Å². The van der Waals surface area contributed by atoms with Gasteiger partial charge in [0.25, 0.3) is 0 Å². The van der Waals surface area contributed by atoms with E-state index in [1.165, 1.54) is 17.0 Å². The Morgan fingerprint density at radius 1 is 1.05 bits per heavy atom. The third-order valence-corrected chi connectivity index (χ3v) is 5.84. The van der Waals surface area contributed by atoms with Crippen molar-refractivity contribution in [1.29, 1.82) is 0 Å². The number of aliphatic hydroxyl groups is 1. The largest absolute Gasteiger partial charge is 0.508 e. The van der Waals surface area contributed by atoms with Crippen molar-refractivity contribution < 1.29 is 38.9 Å². The first-order valence-corrected chi connectivity index (χ1v) is 13.5. The van der Waals surface area contributed by atoms with Gasteiger partial charge in [0.15, 0.2) is 0 Å². The van der Waals surface area contributed by atoms with Crippen molar-refractivity contribution >= 4 is 23.9 Å². The van der Waals surface area contributed by atoms with Crippen LogP contribution in [0.4, 0.5) is 4.79 Å². The van der Waals surface area contributed by atoms with Crippen LogP contribution in [0.1, 0.15) is 56.8 Å². The third-order valence-electron chi connectivity index (χ3n) is 5.84. The molecule has 0 aromatic heterocycles. The molecule has 2 rings (SSSR count). The maximum atomic E-state index is 14.1. The molecule has 11 heteroatoms. The fourth-order valence-corrected chi connectivity index (χ4v) is 4.12. The Labute approximate surface area is 240 Å². The number of ether oxygens (including phenoxy) is 2. The number of phenols is 1. The number of rotatable bonds is 13. The number of aliphatic hydroxyl groups excluding tert-OH is 1. The molecule has 0 fully saturated rings. The lowest BCUT2D eigenvalue weighted by Gasteiger charge is -2.34. The van der Waals surface area contributed by atoms with Gasteiger partial charge in [-0.3, -0.25) is 14.4 Å². The third kappa shape index (κ3) is 11.1. The average Bonchev–Trinajstić information content (AvgIpc) is 2.88. The number of phenolic OH excluding ortho intramolecular Hbond substituents is 1. The van der Waals surface area contributed by atoms with Gasteiger partial charge < -0.3 is 35.2 Å². The molecular weight excluding hydrogens is 530 g/mol. The Kier molecular flexibility index (Phi) is 12.6. The standard InChI is InChI=1S/C30H41N3O8/c1-6-40-25(36)14-15-31-27(37)26(22-9-7-8-20(2)18-22)33(16-17-34)28(38)24(32-29(39)41-30(3,4)5)19-21-10-12-23(35)13-11-21/h7-13,18,24,26,34-35H,6,14-17,19H2,1-5H3,(H,31,37)(H,32,39). The van der Waals surface area contributed by atoms with Crippen LogP contribution in [0, 0.1) is 6.92 Å². The number of aryl methyl sites for hydroxylation is 1. The molecule has 41 heavy (non-hydrogen) atoms. The molecular formula is C30H41N3O8. The molecule has 2 aromatic carbocycles. The molecule has 0 saturated heterocycles. The number of alkyl carbamates (subject to hydrolysis) is 1. The Morgan fingerprint density at radius 2 is 1.73 bits per heavy atom. The zero-order chi connectivity index (χ0) is 30.6. The number of carbonyl (C=O) groups excluding carboxylic acids is 4. The first-order valence-electron chi connectivity index (χ1n) is 13.5. The van der Waals surface area contributed by atoms with Crippen molar-refractivity contribution in [2.75, 3.05) is 26.3 Å². The van der Waals surface area contributed by atoms with Crippen LogP contribution in [0.15, 0.2) is 48.5 Å². The van der Waals surface area contributed by atoms with Crippen LogP contribution in [0.2, 0.25) is 0 Å². The molecule has 0 aliphatic carbocycles. The molecule has 0 heterocycles. The number of nitrogens with zero attached hydrogens (tertiary/aromatic N) is 1. The molecule has 0 aliphatic rings. The maximum Gasteiger partial charge on any atom is 0.408 e. The summed E-state index contributed by atoms with van der Waals surface area (Å²) in [6, 6.07) is 10.8. The summed E-state index contributed by atoms with van der Waals surface area (Å²) in [5.74, 6) is -1.64. The predicted octanol–water partition coefficient (Wildman–Crippen LogP) is 2.77. The van der Waals surface area contributed by atoms with Gasteiger partial charge in [0.1, 0.15) is 23.4 Å². The smallest absolute Gasteiger partial charge is 0.408 e. The van der Waals surface area contributed by atoms with Crippen molar-refractivity contribution in [3.8, 4) is 5.75 Å². The van der Waals surface area contributed by atoms with Crippen molar-refractivity contribution in [2.24, 2.45) is 0 Å². The van der Waals surface area contributed by atoms with Crippen molar-refractivity contribution in [1.82, 2.24) is 15.5 Å². The van der Waals surface area contributed by atoms with Crippen LogP contribution in [0.25, 0.3) is 0 Å². The highest BCUT2D eigenvalue weighted by Gasteiger charge is 2.36. The minimum atomic E-state index is -1.18. The van der Waals surface area contributed by atoms with E-state index in [1.807, 2.05) is 13.0 Å². The zero-order valence-electron chi connectivity index (χ0n) is 24.3. The lowest BCUT2D eigenvalue weighted by molar-refractivity contribution is -0.144. The van der Waals surface area contributed by atoms with Gasteiger partial charge >= 0.3 is 12.1 Å². The minimum absolute atomic E-state index is 0.0191. The first-order chi connectivity index (χ1) is 19.3. The molecule has 11 nitrogen and oxygen atoms in total. The van der Waals surface area contributed by atoms with Crippen LogP contribution in [0.3, 0.4) is 0 Å². The van der Waals surface area contributed by atoms with Gasteiger partial charge in [-0.1, -0.05) is 42.0 Å². The second-order valence-corrected chi connectivity index (χ2v) is 10.5. The van der Waals surface area contributed by atoms with E-state index >= 15 is 0 Å². The normalized spacial score (nSPS) is 12.5. The van der Waals surface area contributed by atoms with Crippen LogP contribution < -0.4 is 10.6 Å². The lowest BCUT2D eigenvalue weighted by Crippen LogP contribution is -2.54. The van der Waals surface area contributed by atoms with E-state index in [2.05, 4.69) is 10.6 Å². The highest BCUT2D eigenvalue weighted by Crippen LogP contribution is 2.24. The van der Waals surface area contributed by atoms with Gasteiger partial charge in [0, 0.05) is 19.5 Å². The highest BCUT2D eigenvalue weighted by molar-refractivity contribution is 5.92. The van der Waals surface area contributed by atoms with E-state index in [4.69, 9.17) is 9.47 Å². The molecule has 2 atom stereocenters. The molecule has 0 saturated carbocycles. The van der Waals surface area contributed by atoms with E-state index in [-0.39, 0.29) is 38.3 Å². The maximum absolute atomic E-state index is 14.1. The number of amides is 3. The summed E-state index contributed by atoms with van der Waals surface area (Å²) in [7, 11) is 0. The molecule has 0 radical (unpaired) electrons. The molecule has 4 N–H and O–H groups in total. The topological polar surface area (TPSA) is 154 Å². The number of esters is 1. The summed E-state index contributed by atoms with van der Waals surface area (Å²) in [5, 5.41) is 24.9. The van der Waals surface area contributed by atoms with Crippen molar-refractivity contribution in [3.05, 3.63) is 65.2 Å². The molecule has 3 amide bonds. The summed E-state index contributed by atoms with van der Waals surface area (Å²) in [6.45, 7) is 8.12. The Hall–Kier alpha value is -4.12. The molecule has 2 unspecified atom stereocenters. The average molecular weight is 572 g/mol. The second kappa shape index (κ2) is 15.6. The van der Waals surface area contributed by atoms with E-state index in [0.29, 0.717) is 11.1 Å². The number of hydrogen-bond acceptors (Lipinski definition) is 8. The van der Waals surface area contributed by atoms with Crippen molar-refractivity contribution in [2.45, 2.75) is 65.1 Å². The fraction of sp³-hybridized carbons (Fsp3) is 0.467. The van der Waals surface area contributed by atoms with Crippen LogP contribution in [-0.4, -0.2) is 76.9 Å². The predicted molar refractivity (Wildman–Crippen MR) is 152 cm³/mol. The van der Waals surface area contributed by atoms with Gasteiger partial charge in [-0.2, -0.15) is 0 Å². The number of carbonyl (C=O) groups is 4. The van der Waals surface area contributed by atoms with E-state index in [9.17, 15) is 29.4 Å². The van der Waals surface area contributed by atoms with Crippen LogP contribution >= 0.6 is 0 Å². The SMILES string of the molecule is CCOC(=O)CCNC(=O)C(c1cccc(C)c1)N(CCO)C(=O)C(Cc1ccc(O)cc1)NC(=O)OC(C)(C)C. The Morgan fingerprint density at radius 3 is 2.32 bits per heavy atom. The monoisotopic (exact) mass is 571 g/mol. The zero-order valence-corrected chi connectivity index (χ0v) is 24.3. The van der Waals surface area contributed by atoms with Gasteiger partial charge in [-0.25, -0.2) is 4.79 Å². The summed E-state index contributed by atoms with van der Waals surface area (Å²) in [6.07, 6.45) is -0.868. The summed E-state index contributed by atoms with van der Waals surface area (Å²) in [5.41, 5.74) is 1.13. The quantitative estimate of drug-likeness (QED) is 0.268. The number of aromatic hydroxyl groups is 1. The van der Waals surface area contributed by atoms with E-state index < -0.39 is 48.2 Å². The minimum Gasteiger partial charge on any atom is -0.508 e. The van der Waals surface area contributed by atoms with Gasteiger partial charge in [0.05, 0.1) is 19.6 Å². The summed E-state index contributed by atoms with van der Waals surface area (Å²) >= 11 is 0. The fourth-order valence-electron chi connectivity index (χ4n) is 4.12. The van der Waals surface area contributed by atoms with Crippen LogP contribution in [0.5, 0.6) is 5.75 Å². The molecule has 0 spiro atoms. The number of nitrogens with one attached hydrogen (secondary N) is 2. The Balaban J connectivity index is 2.46. The highest BCUT2D eigenvalue weighted by atomic mass is 16.6. The van der Waals surface area contributed by atoms with Crippen molar-refractivity contribution in [3.63, 3.8) is 0 Å². The van der Waals surface area contributed by atoms with Gasteiger partial charge in [-0.05, 0) is 57.9 Å². The molecule has 0 aliphatic heterocycles. The Bertz CT molecular complexity index is 1180. The number of hydrogen-bond donors (Lipinski definition) is 4. The lowest BCUT2D eigenvalue weighted by atomic mass is 9.99. The number of benzene rings is 2. The molecule has 224 valence electrons. The molecule has 0 bridgehead atoms.